The number of fused-ring (bicyclic) bond motifs is 2. The first-order valence-corrected chi connectivity index (χ1v) is 12.5. The van der Waals surface area contributed by atoms with Crippen LogP contribution in [0.1, 0.15) is 52.4 Å². The minimum absolute atomic E-state index is 0.149. The third-order valence-corrected chi connectivity index (χ3v) is 7.30. The quantitative estimate of drug-likeness (QED) is 0.367. The van der Waals surface area contributed by atoms with E-state index in [1.807, 2.05) is 36.7 Å². The fourth-order valence-corrected chi connectivity index (χ4v) is 5.60. The molecule has 6 rings (SSSR count). The number of halogens is 1. The number of nitrogens with zero attached hydrogens (tertiary/aromatic N) is 4. The Morgan fingerprint density at radius 2 is 2.08 bits per heavy atom. The van der Waals surface area contributed by atoms with Crippen molar-refractivity contribution in [3.8, 4) is 11.3 Å². The summed E-state index contributed by atoms with van der Waals surface area (Å²) in [6, 6.07) is 10.7. The lowest BCUT2D eigenvalue weighted by atomic mass is 9.95. The van der Waals surface area contributed by atoms with Crippen molar-refractivity contribution < 1.29 is 14.3 Å². The van der Waals surface area contributed by atoms with E-state index in [9.17, 15) is 14.3 Å². The first kappa shape index (κ1) is 23.6. The number of rotatable bonds is 6. The maximum absolute atomic E-state index is 13.7. The molecule has 9 heteroatoms. The van der Waals surface area contributed by atoms with Crippen LogP contribution in [-0.4, -0.2) is 50.5 Å². The smallest absolute Gasteiger partial charge is 0.254 e. The van der Waals surface area contributed by atoms with Crippen LogP contribution in [0.5, 0.6) is 0 Å². The lowest BCUT2D eigenvalue weighted by molar-refractivity contribution is 0.0966. The zero-order chi connectivity index (χ0) is 25.7. The number of aromatic nitrogens is 3. The second-order valence-corrected chi connectivity index (χ2v) is 10.2. The minimum Gasteiger partial charge on any atom is -0.393 e. The highest BCUT2D eigenvalue weighted by Crippen LogP contribution is 2.38. The standard InChI is InChI=1S/C28H29FN6O2/c1-34(2)15-23-19(16-3-4-18(36)11-16)6-8-25(33-23)32-22-7-5-20(21-13-31-28(37)27(21)22)24-14-30-26-12-17(29)9-10-35(24)26/h5-10,12,14,16,18,36H,3-4,11,13,15H2,1-2H3,(H,31,37)(H,32,33)/t16-,18+/m0/s1. The van der Waals surface area contributed by atoms with Crippen molar-refractivity contribution in [3.63, 3.8) is 0 Å². The van der Waals surface area contributed by atoms with Crippen molar-refractivity contribution in [2.24, 2.45) is 0 Å². The highest BCUT2D eigenvalue weighted by atomic mass is 19.1. The molecule has 1 aliphatic heterocycles. The van der Waals surface area contributed by atoms with Gasteiger partial charge in [-0.3, -0.25) is 9.20 Å². The van der Waals surface area contributed by atoms with Gasteiger partial charge in [-0.05, 0) is 68.6 Å². The maximum Gasteiger partial charge on any atom is 0.254 e. The Bertz CT molecular complexity index is 1510. The molecule has 0 radical (unpaired) electrons. The van der Waals surface area contributed by atoms with Gasteiger partial charge in [0, 0.05) is 30.9 Å². The van der Waals surface area contributed by atoms with E-state index in [1.54, 1.807) is 12.4 Å². The molecule has 1 aliphatic carbocycles. The van der Waals surface area contributed by atoms with Gasteiger partial charge in [-0.1, -0.05) is 12.1 Å². The van der Waals surface area contributed by atoms with E-state index >= 15 is 0 Å². The van der Waals surface area contributed by atoms with Gasteiger partial charge in [0.2, 0.25) is 0 Å². The molecule has 1 aromatic carbocycles. The fourth-order valence-electron chi connectivity index (χ4n) is 5.60. The molecular formula is C28H29FN6O2. The van der Waals surface area contributed by atoms with Crippen LogP contribution in [-0.2, 0) is 13.1 Å². The number of imidazole rings is 1. The van der Waals surface area contributed by atoms with E-state index in [1.165, 1.54) is 17.7 Å². The van der Waals surface area contributed by atoms with Crippen LogP contribution in [0.25, 0.3) is 16.9 Å². The Kier molecular flexibility index (Phi) is 5.89. The first-order chi connectivity index (χ1) is 17.9. The molecule has 8 nitrogen and oxygen atoms in total. The van der Waals surface area contributed by atoms with Gasteiger partial charge in [0.1, 0.15) is 17.3 Å². The molecule has 37 heavy (non-hydrogen) atoms. The predicted octanol–water partition coefficient (Wildman–Crippen LogP) is 4.21. The molecule has 2 atom stereocenters. The van der Waals surface area contributed by atoms with Crippen LogP contribution in [0, 0.1) is 5.82 Å². The minimum atomic E-state index is -0.345. The molecule has 1 saturated carbocycles. The Hall–Kier alpha value is -3.82. The molecule has 3 N–H and O–H groups in total. The van der Waals surface area contributed by atoms with Crippen molar-refractivity contribution in [1.82, 2.24) is 24.6 Å². The Morgan fingerprint density at radius 3 is 2.86 bits per heavy atom. The summed E-state index contributed by atoms with van der Waals surface area (Å²) in [6.07, 6.45) is 5.65. The number of pyridine rings is 2. The maximum atomic E-state index is 13.7. The molecular weight excluding hydrogens is 471 g/mol. The molecule has 2 aliphatic rings. The van der Waals surface area contributed by atoms with E-state index in [2.05, 4.69) is 26.6 Å². The number of benzene rings is 1. The molecule has 0 bridgehead atoms. The highest BCUT2D eigenvalue weighted by molar-refractivity contribution is 6.06. The molecule has 1 fully saturated rings. The van der Waals surface area contributed by atoms with E-state index in [0.717, 1.165) is 41.8 Å². The molecule has 3 aromatic heterocycles. The number of anilines is 2. The Labute approximate surface area is 214 Å². The van der Waals surface area contributed by atoms with Crippen LogP contribution >= 0.6 is 0 Å². The second kappa shape index (κ2) is 9.24. The normalized spacial score (nSPS) is 19.0. The van der Waals surface area contributed by atoms with Crippen molar-refractivity contribution >= 4 is 23.1 Å². The topological polar surface area (TPSA) is 94.8 Å². The SMILES string of the molecule is CN(C)Cc1nc(Nc2ccc(-c3cnc4cc(F)ccn34)c3c2C(=O)NC3)ccc1[C@H]1CC[C@@H](O)C1. The van der Waals surface area contributed by atoms with Crippen LogP contribution in [0.2, 0.25) is 0 Å². The zero-order valence-electron chi connectivity index (χ0n) is 20.8. The van der Waals surface area contributed by atoms with E-state index in [4.69, 9.17) is 4.98 Å². The summed E-state index contributed by atoms with van der Waals surface area (Å²) in [6.45, 7) is 1.08. The molecule has 4 aromatic rings. The average Bonchev–Trinajstić information content (AvgIpc) is 3.58. The van der Waals surface area contributed by atoms with E-state index in [-0.39, 0.29) is 17.8 Å². The van der Waals surface area contributed by atoms with Crippen molar-refractivity contribution in [3.05, 3.63) is 77.0 Å². The zero-order valence-corrected chi connectivity index (χ0v) is 20.8. The summed E-state index contributed by atoms with van der Waals surface area (Å²) in [5.74, 6) is 0.477. The largest absolute Gasteiger partial charge is 0.393 e. The van der Waals surface area contributed by atoms with Gasteiger partial charge in [-0.25, -0.2) is 14.4 Å². The summed E-state index contributed by atoms with van der Waals surface area (Å²) in [5.41, 5.74) is 6.46. The third kappa shape index (κ3) is 4.34. The first-order valence-electron chi connectivity index (χ1n) is 12.5. The Balaban J connectivity index is 1.37. The highest BCUT2D eigenvalue weighted by Gasteiger charge is 2.29. The molecule has 190 valence electrons. The molecule has 1 amide bonds. The molecule has 0 unspecified atom stereocenters. The van der Waals surface area contributed by atoms with Gasteiger partial charge >= 0.3 is 0 Å². The number of carbonyl (C=O) groups is 1. The monoisotopic (exact) mass is 500 g/mol. The second-order valence-electron chi connectivity index (χ2n) is 10.2. The van der Waals surface area contributed by atoms with Gasteiger partial charge in [0.15, 0.2) is 0 Å². The summed E-state index contributed by atoms with van der Waals surface area (Å²) >= 11 is 0. The molecule has 0 saturated heterocycles. The van der Waals surface area contributed by atoms with Crippen molar-refractivity contribution in [1.29, 1.82) is 0 Å². The summed E-state index contributed by atoms with van der Waals surface area (Å²) in [7, 11) is 4.03. The predicted molar refractivity (Wildman–Crippen MR) is 139 cm³/mol. The lowest BCUT2D eigenvalue weighted by Crippen LogP contribution is -2.16. The van der Waals surface area contributed by atoms with Gasteiger partial charge in [0.25, 0.3) is 5.91 Å². The van der Waals surface area contributed by atoms with Gasteiger partial charge < -0.3 is 20.6 Å². The van der Waals surface area contributed by atoms with Gasteiger partial charge in [-0.2, -0.15) is 0 Å². The van der Waals surface area contributed by atoms with E-state index < -0.39 is 0 Å². The van der Waals surface area contributed by atoms with Crippen LogP contribution < -0.4 is 10.6 Å². The van der Waals surface area contributed by atoms with Gasteiger partial charge in [-0.15, -0.1) is 0 Å². The van der Waals surface area contributed by atoms with Gasteiger partial charge in [0.05, 0.1) is 34.9 Å². The van der Waals surface area contributed by atoms with E-state index in [0.29, 0.717) is 41.7 Å². The average molecular weight is 501 g/mol. The number of aliphatic hydroxyl groups excluding tert-OH is 1. The fraction of sp³-hybridized carbons (Fsp3) is 0.321. The molecule has 0 spiro atoms. The third-order valence-electron chi connectivity index (χ3n) is 7.30. The number of nitrogens with one attached hydrogen (secondary N) is 2. The van der Waals surface area contributed by atoms with Crippen LogP contribution in [0.15, 0.2) is 48.8 Å². The number of carbonyl (C=O) groups excluding carboxylic acids is 1. The lowest BCUT2D eigenvalue weighted by Gasteiger charge is -2.19. The summed E-state index contributed by atoms with van der Waals surface area (Å²) in [5, 5.41) is 16.4. The van der Waals surface area contributed by atoms with Crippen molar-refractivity contribution in [2.75, 3.05) is 19.4 Å². The number of hydrogen-bond donors (Lipinski definition) is 3. The summed E-state index contributed by atoms with van der Waals surface area (Å²) < 4.78 is 15.5. The molecule has 4 heterocycles. The Morgan fingerprint density at radius 1 is 1.22 bits per heavy atom. The van der Waals surface area contributed by atoms with Crippen molar-refractivity contribution in [2.45, 2.75) is 44.4 Å². The number of hydrogen-bond acceptors (Lipinski definition) is 6. The van der Waals surface area contributed by atoms with Crippen LogP contribution in [0.3, 0.4) is 0 Å². The summed E-state index contributed by atoms with van der Waals surface area (Å²) in [4.78, 5) is 24.3. The van der Waals surface area contributed by atoms with Crippen LogP contribution in [0.4, 0.5) is 15.9 Å². The number of aliphatic hydroxyl groups is 1. The number of amides is 1.